The first kappa shape index (κ1) is 18.1. The van der Waals surface area contributed by atoms with Gasteiger partial charge in [-0.15, -0.1) is 0 Å². The van der Waals surface area contributed by atoms with Crippen LogP contribution in [0.25, 0.3) is 0 Å². The van der Waals surface area contributed by atoms with Gasteiger partial charge in [-0.1, -0.05) is 13.0 Å². The van der Waals surface area contributed by atoms with Gasteiger partial charge in [-0.2, -0.15) is 4.31 Å². The van der Waals surface area contributed by atoms with Crippen molar-refractivity contribution in [3.8, 4) is 0 Å². The molecule has 6 heteroatoms. The van der Waals surface area contributed by atoms with Crippen LogP contribution >= 0.6 is 0 Å². The van der Waals surface area contributed by atoms with E-state index in [1.807, 2.05) is 26.8 Å². The fraction of sp³-hybridized carbons (Fsp3) is 0.600. The van der Waals surface area contributed by atoms with Crippen molar-refractivity contribution in [2.45, 2.75) is 32.2 Å². The van der Waals surface area contributed by atoms with Gasteiger partial charge in [0, 0.05) is 27.2 Å². The average Bonchev–Trinajstić information content (AvgIpc) is 2.45. The van der Waals surface area contributed by atoms with E-state index in [1.165, 1.54) is 4.31 Å². The normalized spacial score (nSPS) is 12.1. The molecule has 0 saturated carbocycles. The molecule has 21 heavy (non-hydrogen) atoms. The van der Waals surface area contributed by atoms with Gasteiger partial charge in [0.1, 0.15) is 0 Å². The second-order valence-corrected chi connectivity index (χ2v) is 7.15. The van der Waals surface area contributed by atoms with Crippen LogP contribution < -0.4 is 5.32 Å². The lowest BCUT2D eigenvalue weighted by atomic mass is 10.1. The zero-order valence-corrected chi connectivity index (χ0v) is 14.4. The quantitative estimate of drug-likeness (QED) is 0.793. The molecule has 1 aromatic rings. The Balaban J connectivity index is 3.18. The maximum Gasteiger partial charge on any atom is 0.243 e. The Bertz CT molecular complexity index is 571. The average molecular weight is 314 g/mol. The summed E-state index contributed by atoms with van der Waals surface area (Å²) in [6, 6.07) is 3.80. The number of hydrogen-bond donors (Lipinski definition) is 1. The number of sulfonamides is 1. The molecule has 0 heterocycles. The van der Waals surface area contributed by atoms with E-state index in [2.05, 4.69) is 5.32 Å². The zero-order valence-electron chi connectivity index (χ0n) is 13.6. The summed E-state index contributed by atoms with van der Waals surface area (Å²) in [5.74, 6) is 0. The molecule has 0 aliphatic heterocycles. The maximum absolute atomic E-state index is 12.7. The fourth-order valence-corrected chi connectivity index (χ4v) is 3.55. The summed E-state index contributed by atoms with van der Waals surface area (Å²) in [4.78, 5) is 0.383. The van der Waals surface area contributed by atoms with E-state index in [9.17, 15) is 8.42 Å². The number of methoxy groups -OCH3 is 1. The molecule has 0 spiro atoms. The van der Waals surface area contributed by atoms with E-state index in [0.29, 0.717) is 24.6 Å². The maximum atomic E-state index is 12.7. The van der Waals surface area contributed by atoms with Gasteiger partial charge in [0.15, 0.2) is 0 Å². The molecule has 1 N–H and O–H groups in total. The van der Waals surface area contributed by atoms with E-state index in [0.717, 1.165) is 23.2 Å². The minimum atomic E-state index is -3.49. The molecule has 0 bridgehead atoms. The molecule has 1 rings (SSSR count). The molecule has 0 atom stereocenters. The molecule has 120 valence electrons. The summed E-state index contributed by atoms with van der Waals surface area (Å²) in [5.41, 5.74) is 2.78. The van der Waals surface area contributed by atoms with Crippen molar-refractivity contribution in [1.29, 1.82) is 0 Å². The number of benzene rings is 1. The summed E-state index contributed by atoms with van der Waals surface area (Å²) >= 11 is 0. The van der Waals surface area contributed by atoms with Gasteiger partial charge in [0.2, 0.25) is 10.0 Å². The number of aryl methyl sites for hydroxylation is 1. The zero-order chi connectivity index (χ0) is 16.0. The lowest BCUT2D eigenvalue weighted by Crippen LogP contribution is -2.31. The number of ether oxygens (including phenoxy) is 1. The predicted octanol–water partition coefficient (Wildman–Crippen LogP) is 1.68. The highest BCUT2D eigenvalue weighted by Gasteiger charge is 2.23. The van der Waals surface area contributed by atoms with Gasteiger partial charge in [-0.3, -0.25) is 0 Å². The molecule has 0 unspecified atom stereocenters. The van der Waals surface area contributed by atoms with E-state index >= 15 is 0 Å². The number of rotatable bonds is 8. The highest BCUT2D eigenvalue weighted by atomic mass is 32.2. The third kappa shape index (κ3) is 4.51. The molecule has 0 radical (unpaired) electrons. The number of hydrogen-bond acceptors (Lipinski definition) is 4. The van der Waals surface area contributed by atoms with Gasteiger partial charge in [-0.25, -0.2) is 8.42 Å². The van der Waals surface area contributed by atoms with Crippen LogP contribution in [-0.2, 0) is 21.3 Å². The monoisotopic (exact) mass is 314 g/mol. The first-order valence-electron chi connectivity index (χ1n) is 7.10. The van der Waals surface area contributed by atoms with Crippen LogP contribution in [0.4, 0.5) is 0 Å². The minimum Gasteiger partial charge on any atom is -0.383 e. The van der Waals surface area contributed by atoms with Crippen molar-refractivity contribution < 1.29 is 13.2 Å². The number of nitrogens with zero attached hydrogens (tertiary/aromatic N) is 1. The third-order valence-electron chi connectivity index (χ3n) is 3.56. The predicted molar refractivity (Wildman–Crippen MR) is 85.0 cm³/mol. The Labute approximate surface area is 128 Å². The van der Waals surface area contributed by atoms with Gasteiger partial charge in [-0.05, 0) is 43.1 Å². The molecule has 0 saturated heterocycles. The summed E-state index contributed by atoms with van der Waals surface area (Å²) < 4.78 is 31.7. The molecule has 1 aromatic carbocycles. The summed E-state index contributed by atoms with van der Waals surface area (Å²) in [7, 11) is -0.341. The summed E-state index contributed by atoms with van der Waals surface area (Å²) in [6.45, 7) is 8.06. The summed E-state index contributed by atoms with van der Waals surface area (Å²) in [6.07, 6.45) is 0. The number of likely N-dealkylation sites (N-methyl/N-ethyl adjacent to an activating group) is 1. The van der Waals surface area contributed by atoms with Crippen molar-refractivity contribution in [2.75, 3.05) is 33.9 Å². The molecule has 0 aromatic heterocycles. The van der Waals surface area contributed by atoms with Gasteiger partial charge >= 0.3 is 0 Å². The first-order valence-corrected chi connectivity index (χ1v) is 8.54. The van der Waals surface area contributed by atoms with Gasteiger partial charge in [0.25, 0.3) is 0 Å². The standard InChI is InChI=1S/C15H26N2O3S/c1-6-16-11-14-9-12(2)13(3)15(10-14)21(18,19)17(4)7-8-20-5/h9-10,16H,6-8,11H2,1-5H3. The smallest absolute Gasteiger partial charge is 0.243 e. The van der Waals surface area contributed by atoms with Crippen LogP contribution in [0.2, 0.25) is 0 Å². The molecule has 5 nitrogen and oxygen atoms in total. The van der Waals surface area contributed by atoms with Gasteiger partial charge < -0.3 is 10.1 Å². The van der Waals surface area contributed by atoms with Crippen molar-refractivity contribution in [3.05, 3.63) is 28.8 Å². The van der Waals surface area contributed by atoms with E-state index in [1.54, 1.807) is 20.2 Å². The molecule has 0 aliphatic rings. The second-order valence-electron chi connectivity index (χ2n) is 5.14. The highest BCUT2D eigenvalue weighted by molar-refractivity contribution is 7.89. The fourth-order valence-electron chi connectivity index (χ4n) is 2.05. The summed E-state index contributed by atoms with van der Waals surface area (Å²) in [5, 5.41) is 3.22. The van der Waals surface area contributed by atoms with Crippen molar-refractivity contribution in [2.24, 2.45) is 0 Å². The molecular weight excluding hydrogens is 288 g/mol. The van der Waals surface area contributed by atoms with Crippen LogP contribution in [-0.4, -0.2) is 46.6 Å². The second kappa shape index (κ2) is 7.89. The Morgan fingerprint density at radius 3 is 2.52 bits per heavy atom. The van der Waals surface area contributed by atoms with E-state index in [4.69, 9.17) is 4.74 Å². The SMILES string of the molecule is CCNCc1cc(C)c(C)c(S(=O)(=O)N(C)CCOC)c1. The van der Waals surface area contributed by atoms with Crippen LogP contribution in [0.5, 0.6) is 0 Å². The van der Waals surface area contributed by atoms with Gasteiger partial charge in [0.05, 0.1) is 11.5 Å². The van der Waals surface area contributed by atoms with Crippen molar-refractivity contribution in [3.63, 3.8) is 0 Å². The topological polar surface area (TPSA) is 58.6 Å². The lowest BCUT2D eigenvalue weighted by molar-refractivity contribution is 0.185. The Hall–Kier alpha value is -0.950. The Kier molecular flexibility index (Phi) is 6.80. The Morgan fingerprint density at radius 2 is 1.95 bits per heavy atom. The largest absolute Gasteiger partial charge is 0.383 e. The van der Waals surface area contributed by atoms with E-state index in [-0.39, 0.29) is 0 Å². The lowest BCUT2D eigenvalue weighted by Gasteiger charge is -2.20. The number of nitrogens with one attached hydrogen (secondary N) is 1. The minimum absolute atomic E-state index is 0.342. The van der Waals surface area contributed by atoms with E-state index < -0.39 is 10.0 Å². The van der Waals surface area contributed by atoms with Crippen LogP contribution in [0.3, 0.4) is 0 Å². The first-order chi connectivity index (χ1) is 9.84. The Morgan fingerprint density at radius 1 is 1.29 bits per heavy atom. The molecule has 0 aliphatic carbocycles. The van der Waals surface area contributed by atoms with Crippen molar-refractivity contribution in [1.82, 2.24) is 9.62 Å². The molecular formula is C15H26N2O3S. The van der Waals surface area contributed by atoms with Crippen LogP contribution in [0.15, 0.2) is 17.0 Å². The molecule has 0 amide bonds. The molecule has 0 fully saturated rings. The third-order valence-corrected chi connectivity index (χ3v) is 5.54. The van der Waals surface area contributed by atoms with Crippen LogP contribution in [0, 0.1) is 13.8 Å². The highest BCUT2D eigenvalue weighted by Crippen LogP contribution is 2.23. The van der Waals surface area contributed by atoms with Crippen molar-refractivity contribution >= 4 is 10.0 Å². The van der Waals surface area contributed by atoms with Crippen LogP contribution in [0.1, 0.15) is 23.6 Å².